The minimum absolute atomic E-state index is 0.0722. The lowest BCUT2D eigenvalue weighted by Gasteiger charge is -2.27. The molecular formula is C19H20N6O. The Hall–Kier alpha value is -3.06. The highest BCUT2D eigenvalue weighted by molar-refractivity contribution is 5.53. The summed E-state index contributed by atoms with van der Waals surface area (Å²) in [7, 11) is 0. The molecule has 4 heterocycles. The van der Waals surface area contributed by atoms with Gasteiger partial charge in [-0.1, -0.05) is 6.58 Å². The highest BCUT2D eigenvalue weighted by atomic mass is 16.1. The molecule has 0 bridgehead atoms. The van der Waals surface area contributed by atoms with Crippen LogP contribution in [0, 0.1) is 6.92 Å². The normalized spacial score (nSPS) is 14.2. The van der Waals surface area contributed by atoms with E-state index in [0.29, 0.717) is 12.4 Å². The highest BCUT2D eigenvalue weighted by Crippen LogP contribution is 2.20. The highest BCUT2D eigenvalue weighted by Gasteiger charge is 2.22. The van der Waals surface area contributed by atoms with E-state index in [4.69, 9.17) is 0 Å². The van der Waals surface area contributed by atoms with Crippen LogP contribution in [0.15, 0.2) is 42.1 Å². The number of rotatable bonds is 4. The van der Waals surface area contributed by atoms with Gasteiger partial charge >= 0.3 is 0 Å². The number of nitrogens with zero attached hydrogens (tertiary/aromatic N) is 5. The van der Waals surface area contributed by atoms with Crippen LogP contribution in [0.5, 0.6) is 0 Å². The van der Waals surface area contributed by atoms with E-state index < -0.39 is 0 Å². The first-order chi connectivity index (χ1) is 12.7. The van der Waals surface area contributed by atoms with E-state index in [1.807, 2.05) is 25.3 Å². The fourth-order valence-electron chi connectivity index (χ4n) is 3.29. The molecule has 0 spiro atoms. The topological polar surface area (TPSA) is 79.7 Å². The molecule has 0 saturated heterocycles. The van der Waals surface area contributed by atoms with Gasteiger partial charge in [0.25, 0.3) is 5.56 Å². The van der Waals surface area contributed by atoms with E-state index in [2.05, 4.69) is 31.5 Å². The van der Waals surface area contributed by atoms with E-state index >= 15 is 0 Å². The molecule has 0 saturated carbocycles. The van der Waals surface area contributed by atoms with Crippen molar-refractivity contribution in [1.29, 1.82) is 0 Å². The molecule has 3 aromatic rings. The van der Waals surface area contributed by atoms with Gasteiger partial charge in [-0.05, 0) is 19.1 Å². The first-order valence-corrected chi connectivity index (χ1v) is 8.56. The summed E-state index contributed by atoms with van der Waals surface area (Å²) in [5.41, 5.74) is 4.59. The molecular weight excluding hydrogens is 328 g/mol. The number of aromatic amines is 1. The zero-order chi connectivity index (χ0) is 18.1. The average molecular weight is 348 g/mol. The monoisotopic (exact) mass is 348 g/mol. The number of fused-ring (bicyclic) bond motifs is 1. The van der Waals surface area contributed by atoms with Crippen LogP contribution >= 0.6 is 0 Å². The molecule has 0 radical (unpaired) electrons. The fraction of sp³-hybridized carbons (Fsp3) is 0.263. The summed E-state index contributed by atoms with van der Waals surface area (Å²) >= 11 is 0. The Morgan fingerprint density at radius 2 is 2.27 bits per heavy atom. The lowest BCUT2D eigenvalue weighted by Crippen LogP contribution is -2.35. The molecule has 1 aliphatic heterocycles. The number of nitrogens with one attached hydrogen (secondary N) is 1. The Kier molecular flexibility index (Phi) is 4.22. The van der Waals surface area contributed by atoms with Crippen molar-refractivity contribution in [3.63, 3.8) is 0 Å². The quantitative estimate of drug-likeness (QED) is 0.780. The second-order valence-corrected chi connectivity index (χ2v) is 6.42. The molecule has 4 rings (SSSR count). The summed E-state index contributed by atoms with van der Waals surface area (Å²) in [5.74, 6) is 0.582. The summed E-state index contributed by atoms with van der Waals surface area (Å²) in [4.78, 5) is 26.5. The van der Waals surface area contributed by atoms with Crippen molar-refractivity contribution in [3.8, 4) is 11.4 Å². The molecule has 1 N–H and O–H groups in total. The van der Waals surface area contributed by atoms with Gasteiger partial charge in [0, 0.05) is 61.5 Å². The van der Waals surface area contributed by atoms with Gasteiger partial charge in [-0.3, -0.25) is 14.7 Å². The first kappa shape index (κ1) is 16.4. The van der Waals surface area contributed by atoms with E-state index in [1.165, 1.54) is 0 Å². The van der Waals surface area contributed by atoms with Crippen LogP contribution in [0.2, 0.25) is 0 Å². The van der Waals surface area contributed by atoms with Crippen molar-refractivity contribution in [1.82, 2.24) is 29.6 Å². The fourth-order valence-corrected chi connectivity index (χ4v) is 3.29. The third-order valence-corrected chi connectivity index (χ3v) is 4.80. The van der Waals surface area contributed by atoms with Gasteiger partial charge in [0.1, 0.15) is 5.82 Å². The van der Waals surface area contributed by atoms with Crippen molar-refractivity contribution < 1.29 is 0 Å². The third kappa shape index (κ3) is 2.97. The lowest BCUT2D eigenvalue weighted by molar-refractivity contribution is 0.241. The predicted octanol–water partition coefficient (Wildman–Crippen LogP) is 2.00. The van der Waals surface area contributed by atoms with Crippen molar-refractivity contribution in [2.24, 2.45) is 0 Å². The van der Waals surface area contributed by atoms with Crippen LogP contribution in [-0.4, -0.2) is 36.2 Å². The van der Waals surface area contributed by atoms with Crippen molar-refractivity contribution in [3.05, 3.63) is 70.2 Å². The summed E-state index contributed by atoms with van der Waals surface area (Å²) in [6, 6.07) is 3.73. The van der Waals surface area contributed by atoms with Crippen molar-refractivity contribution >= 4 is 6.20 Å². The molecule has 0 fully saturated rings. The van der Waals surface area contributed by atoms with Crippen LogP contribution < -0.4 is 5.56 Å². The van der Waals surface area contributed by atoms with Crippen LogP contribution in [0.25, 0.3) is 17.6 Å². The van der Waals surface area contributed by atoms with Gasteiger partial charge < -0.3 is 4.98 Å². The van der Waals surface area contributed by atoms with Gasteiger partial charge in [-0.2, -0.15) is 5.10 Å². The minimum atomic E-state index is -0.0722. The Balaban J connectivity index is 1.58. The largest absolute Gasteiger partial charge is 0.306 e. The van der Waals surface area contributed by atoms with Gasteiger partial charge in [0.15, 0.2) is 0 Å². The molecule has 0 amide bonds. The maximum atomic E-state index is 12.6. The zero-order valence-corrected chi connectivity index (χ0v) is 14.6. The Morgan fingerprint density at radius 3 is 3.00 bits per heavy atom. The van der Waals surface area contributed by atoms with E-state index in [-0.39, 0.29) is 5.56 Å². The van der Waals surface area contributed by atoms with Crippen molar-refractivity contribution in [2.75, 3.05) is 6.54 Å². The molecule has 26 heavy (non-hydrogen) atoms. The van der Waals surface area contributed by atoms with Gasteiger partial charge in [-0.25, -0.2) is 9.67 Å². The van der Waals surface area contributed by atoms with Crippen LogP contribution in [0.3, 0.4) is 0 Å². The SMILES string of the molecule is C=Cn1ncc(CN2CCc3nc(-c4cccnc4)[nH]c(=O)c3C2)c1C. The van der Waals surface area contributed by atoms with Gasteiger partial charge in [0.05, 0.1) is 17.5 Å². The summed E-state index contributed by atoms with van der Waals surface area (Å²) in [6.07, 6.45) is 7.72. The molecule has 7 heteroatoms. The smallest absolute Gasteiger partial charge is 0.255 e. The number of aromatic nitrogens is 5. The lowest BCUT2D eigenvalue weighted by atomic mass is 10.1. The zero-order valence-electron chi connectivity index (χ0n) is 14.6. The van der Waals surface area contributed by atoms with Crippen LogP contribution in [0.4, 0.5) is 0 Å². The molecule has 0 aromatic carbocycles. The van der Waals surface area contributed by atoms with Gasteiger partial charge in [-0.15, -0.1) is 0 Å². The molecule has 0 aliphatic carbocycles. The Bertz CT molecular complexity index is 1000. The average Bonchev–Trinajstić information content (AvgIpc) is 3.02. The molecule has 7 nitrogen and oxygen atoms in total. The maximum Gasteiger partial charge on any atom is 0.255 e. The molecule has 132 valence electrons. The minimum Gasteiger partial charge on any atom is -0.306 e. The maximum absolute atomic E-state index is 12.6. The number of H-pyrrole nitrogens is 1. The number of hydrogen-bond acceptors (Lipinski definition) is 5. The Morgan fingerprint density at radius 1 is 1.38 bits per heavy atom. The molecule has 3 aromatic heterocycles. The van der Waals surface area contributed by atoms with Crippen molar-refractivity contribution in [2.45, 2.75) is 26.4 Å². The number of hydrogen-bond donors (Lipinski definition) is 1. The first-order valence-electron chi connectivity index (χ1n) is 8.56. The van der Waals surface area contributed by atoms with Crippen LogP contribution in [-0.2, 0) is 19.5 Å². The number of pyridine rings is 1. The van der Waals surface area contributed by atoms with E-state index in [9.17, 15) is 4.79 Å². The third-order valence-electron chi connectivity index (χ3n) is 4.80. The second kappa shape index (κ2) is 6.68. The van der Waals surface area contributed by atoms with E-state index in [0.717, 1.165) is 47.6 Å². The summed E-state index contributed by atoms with van der Waals surface area (Å²) in [5, 5.41) is 4.29. The summed E-state index contributed by atoms with van der Waals surface area (Å²) < 4.78 is 1.77. The van der Waals surface area contributed by atoms with Gasteiger partial charge in [0.2, 0.25) is 0 Å². The Labute approximate surface area is 151 Å². The van der Waals surface area contributed by atoms with E-state index in [1.54, 1.807) is 23.3 Å². The molecule has 1 aliphatic rings. The summed E-state index contributed by atoms with van der Waals surface area (Å²) in [6.45, 7) is 7.98. The standard InChI is InChI=1S/C19H20N6O/c1-3-25-13(2)15(10-21-25)11-24-8-6-17-16(12-24)19(26)23-18(22-17)14-5-4-7-20-9-14/h3-5,7,9-10H,1,6,8,11-12H2,2H3,(H,22,23,26). The van der Waals surface area contributed by atoms with Crippen LogP contribution in [0.1, 0.15) is 22.5 Å². The predicted molar refractivity (Wildman–Crippen MR) is 99.3 cm³/mol. The molecule has 0 unspecified atom stereocenters. The molecule has 0 atom stereocenters. The second-order valence-electron chi connectivity index (χ2n) is 6.42.